The second-order valence-corrected chi connectivity index (χ2v) is 14.3. The highest BCUT2D eigenvalue weighted by Gasteiger charge is 2.47. The Kier molecular flexibility index (Phi) is 10.5. The lowest BCUT2D eigenvalue weighted by Gasteiger charge is -2.26. The monoisotopic (exact) mass is 602 g/mol. The van der Waals surface area contributed by atoms with E-state index in [2.05, 4.69) is 22.0 Å². The summed E-state index contributed by atoms with van der Waals surface area (Å²) in [5.74, 6) is 0.101. The number of alkyl carbamates (subject to hydrolysis) is 1. The minimum Gasteiger partial charge on any atom is -0.443 e. The third-order valence-corrected chi connectivity index (χ3v) is 10.5. The normalized spacial score (nSPS) is 21.0. The maximum Gasteiger partial charge on any atom is 0.408 e. The fourth-order valence-corrected chi connectivity index (χ4v) is 7.97. The maximum absolute atomic E-state index is 13.6. The van der Waals surface area contributed by atoms with Crippen molar-refractivity contribution in [1.82, 2.24) is 16.0 Å². The van der Waals surface area contributed by atoms with Crippen LogP contribution in [0.1, 0.15) is 64.4 Å². The lowest BCUT2D eigenvalue weighted by Crippen LogP contribution is -2.54. The first kappa shape index (κ1) is 31.0. The number of rotatable bonds is 12. The van der Waals surface area contributed by atoms with E-state index in [1.807, 2.05) is 32.0 Å². The SMILES string of the molecule is CC(C)C[C@H](NC(=O)OC1(Cc2cccc(Cl)c2)CC1)C(=O)N[C@@H](C[C@@H]1CCNC1=O)C(=O)C(C#N)=S1CCCC1. The minimum atomic E-state index is -1.02. The Labute approximate surface area is 249 Å². The fraction of sp³-hybridized carbons (Fsp3) is 0.600. The zero-order chi connectivity index (χ0) is 29.6. The number of hydrogen-bond donors (Lipinski definition) is 3. The summed E-state index contributed by atoms with van der Waals surface area (Å²) in [5.41, 5.74) is 0.324. The number of carbonyl (C=O) groups is 4. The molecule has 2 saturated heterocycles. The van der Waals surface area contributed by atoms with Crippen molar-refractivity contribution >= 4 is 50.6 Å². The van der Waals surface area contributed by atoms with Gasteiger partial charge in [-0.1, -0.05) is 37.6 Å². The second kappa shape index (κ2) is 13.8. The summed E-state index contributed by atoms with van der Waals surface area (Å²) in [6, 6.07) is 7.56. The topological polar surface area (TPSA) is 137 Å². The van der Waals surface area contributed by atoms with Crippen LogP contribution in [0.4, 0.5) is 4.79 Å². The summed E-state index contributed by atoms with van der Waals surface area (Å²) in [6.07, 6.45) is 4.17. The molecule has 0 bridgehead atoms. The summed E-state index contributed by atoms with van der Waals surface area (Å²) in [7, 11) is -0.438. The molecule has 4 rings (SSSR count). The van der Waals surface area contributed by atoms with Gasteiger partial charge < -0.3 is 20.7 Å². The van der Waals surface area contributed by atoms with Crippen LogP contribution in [0.2, 0.25) is 5.02 Å². The Morgan fingerprint density at radius 3 is 2.51 bits per heavy atom. The summed E-state index contributed by atoms with van der Waals surface area (Å²) in [6.45, 7) is 4.38. The van der Waals surface area contributed by atoms with Gasteiger partial charge in [0.15, 0.2) is 0 Å². The van der Waals surface area contributed by atoms with E-state index < -0.39 is 51.9 Å². The number of hydrogen-bond acceptors (Lipinski definition) is 6. The number of amides is 3. The number of carbonyl (C=O) groups excluding carboxylic acids is 4. The fourth-order valence-electron chi connectivity index (χ4n) is 5.48. The van der Waals surface area contributed by atoms with Gasteiger partial charge in [-0.3, -0.25) is 14.4 Å². The number of benzene rings is 1. The van der Waals surface area contributed by atoms with Crippen LogP contribution < -0.4 is 16.0 Å². The first-order valence-corrected chi connectivity index (χ1v) is 16.3. The van der Waals surface area contributed by atoms with Gasteiger partial charge in [0.2, 0.25) is 17.6 Å². The van der Waals surface area contributed by atoms with Crippen LogP contribution in [-0.2, 0) is 25.5 Å². The van der Waals surface area contributed by atoms with Crippen molar-refractivity contribution in [2.75, 3.05) is 18.1 Å². The van der Waals surface area contributed by atoms with Gasteiger partial charge in [0.25, 0.3) is 0 Å². The molecule has 41 heavy (non-hydrogen) atoms. The number of halogens is 1. The van der Waals surface area contributed by atoms with E-state index in [-0.39, 0.29) is 23.1 Å². The summed E-state index contributed by atoms with van der Waals surface area (Å²) >= 11 is 6.11. The average Bonchev–Trinajstić information content (AvgIpc) is 3.24. The van der Waals surface area contributed by atoms with E-state index in [9.17, 15) is 24.4 Å². The smallest absolute Gasteiger partial charge is 0.408 e. The van der Waals surface area contributed by atoms with Gasteiger partial charge in [0.05, 0.1) is 6.04 Å². The quantitative estimate of drug-likeness (QED) is 0.310. The van der Waals surface area contributed by atoms with Gasteiger partial charge >= 0.3 is 6.09 Å². The number of ketones is 1. The van der Waals surface area contributed by atoms with Gasteiger partial charge in [0.1, 0.15) is 22.6 Å². The van der Waals surface area contributed by atoms with E-state index in [0.29, 0.717) is 43.7 Å². The molecular formula is C30H39ClN4O5S. The number of nitriles is 1. The first-order valence-electron chi connectivity index (χ1n) is 14.4. The molecule has 3 fully saturated rings. The molecule has 2 aliphatic heterocycles. The van der Waals surface area contributed by atoms with E-state index in [4.69, 9.17) is 16.3 Å². The van der Waals surface area contributed by atoms with Gasteiger partial charge in [-0.05, 0) is 80.1 Å². The van der Waals surface area contributed by atoms with Crippen molar-refractivity contribution in [3.05, 3.63) is 34.9 Å². The summed E-state index contributed by atoms with van der Waals surface area (Å²) in [5, 5.41) is 18.8. The molecular weight excluding hydrogens is 564 g/mol. The maximum atomic E-state index is 13.6. The molecule has 0 unspecified atom stereocenters. The third kappa shape index (κ3) is 8.55. The summed E-state index contributed by atoms with van der Waals surface area (Å²) < 4.78 is 5.81. The summed E-state index contributed by atoms with van der Waals surface area (Å²) in [4.78, 5) is 52.8. The molecule has 0 aromatic heterocycles. The molecule has 3 atom stereocenters. The van der Waals surface area contributed by atoms with Gasteiger partial charge in [-0.2, -0.15) is 15.7 Å². The van der Waals surface area contributed by atoms with Crippen molar-refractivity contribution < 1.29 is 23.9 Å². The van der Waals surface area contributed by atoms with Crippen molar-refractivity contribution in [3.8, 4) is 6.07 Å². The second-order valence-electron chi connectivity index (χ2n) is 11.7. The van der Waals surface area contributed by atoms with Crippen LogP contribution in [0.15, 0.2) is 24.3 Å². The van der Waals surface area contributed by atoms with Crippen molar-refractivity contribution in [2.45, 2.75) is 82.9 Å². The molecule has 1 aromatic rings. The number of nitrogens with one attached hydrogen (secondary N) is 3. The highest BCUT2D eigenvalue weighted by Crippen LogP contribution is 2.43. The first-order chi connectivity index (χ1) is 19.6. The average molecular weight is 603 g/mol. The predicted octanol–water partition coefficient (Wildman–Crippen LogP) is 3.89. The molecule has 3 N–H and O–H groups in total. The van der Waals surface area contributed by atoms with E-state index in [1.165, 1.54) is 0 Å². The van der Waals surface area contributed by atoms with E-state index in [1.54, 1.807) is 6.07 Å². The molecule has 1 aliphatic carbocycles. The molecule has 2 heterocycles. The molecule has 1 aromatic carbocycles. The molecule has 9 nitrogen and oxygen atoms in total. The van der Waals surface area contributed by atoms with Crippen LogP contribution in [0.25, 0.3) is 0 Å². The Morgan fingerprint density at radius 1 is 1.20 bits per heavy atom. The molecule has 0 spiro atoms. The standard InChI is InChI=1S/C30H39ClN4O5S/c1-19(2)14-24(35-29(39)40-30(9-10-30)17-20-6-5-7-22(31)15-20)28(38)34-23(16-21-8-11-33-27(21)37)26(36)25(18-32)41-12-3-4-13-41/h5-7,15,19,21,23-24H,3-4,8-14,16-17H2,1-2H3,(H,33,37)(H,34,38)(H,35,39)/t21-,23-,24-/m0/s1. The molecule has 11 heteroatoms. The van der Waals surface area contributed by atoms with Crippen LogP contribution in [0, 0.1) is 23.2 Å². The Hall–Kier alpha value is -2.90. The van der Waals surface area contributed by atoms with Crippen LogP contribution in [-0.4, -0.2) is 64.3 Å². The molecule has 222 valence electrons. The van der Waals surface area contributed by atoms with E-state index >= 15 is 0 Å². The minimum absolute atomic E-state index is 0.0587. The molecule has 3 amide bonds. The largest absolute Gasteiger partial charge is 0.443 e. The van der Waals surface area contributed by atoms with Crippen molar-refractivity contribution in [1.29, 1.82) is 5.26 Å². The lowest BCUT2D eigenvalue weighted by molar-refractivity contribution is -0.128. The third-order valence-electron chi connectivity index (χ3n) is 7.81. The number of ether oxygens (including phenoxy) is 1. The number of Topliss-reactive ketones (excluding diaryl/α,β-unsaturated/α-hetero) is 1. The molecule has 3 aliphatic rings. The van der Waals surface area contributed by atoms with Crippen molar-refractivity contribution in [2.24, 2.45) is 11.8 Å². The van der Waals surface area contributed by atoms with Crippen LogP contribution >= 0.6 is 22.1 Å². The Balaban J connectivity index is 1.46. The van der Waals surface area contributed by atoms with Crippen molar-refractivity contribution in [3.63, 3.8) is 0 Å². The molecule has 1 saturated carbocycles. The Bertz CT molecular complexity index is 1250. The van der Waals surface area contributed by atoms with Crippen LogP contribution in [0.3, 0.4) is 0 Å². The molecule has 0 radical (unpaired) electrons. The zero-order valence-corrected chi connectivity index (χ0v) is 25.2. The highest BCUT2D eigenvalue weighted by molar-refractivity contribution is 8.17. The van der Waals surface area contributed by atoms with E-state index in [0.717, 1.165) is 29.9 Å². The Morgan fingerprint density at radius 2 is 1.93 bits per heavy atom. The highest BCUT2D eigenvalue weighted by atomic mass is 35.5. The number of nitrogens with zero attached hydrogens (tertiary/aromatic N) is 1. The van der Waals surface area contributed by atoms with Gasteiger partial charge in [0, 0.05) is 23.9 Å². The zero-order valence-electron chi connectivity index (χ0n) is 23.7. The van der Waals surface area contributed by atoms with Crippen LogP contribution in [0.5, 0.6) is 0 Å². The lowest BCUT2D eigenvalue weighted by atomic mass is 9.94. The van der Waals surface area contributed by atoms with Gasteiger partial charge in [-0.25, -0.2) is 4.79 Å². The predicted molar refractivity (Wildman–Crippen MR) is 160 cm³/mol. The van der Waals surface area contributed by atoms with Gasteiger partial charge in [-0.15, -0.1) is 0 Å².